The fraction of sp³-hybridized carbons (Fsp3) is 0.158. The van der Waals surface area contributed by atoms with Crippen LogP contribution in [0.15, 0.2) is 60.3 Å². The summed E-state index contributed by atoms with van der Waals surface area (Å²) in [5, 5.41) is 12.1. The van der Waals surface area contributed by atoms with Crippen LogP contribution in [0, 0.1) is 17.1 Å². The van der Waals surface area contributed by atoms with Crippen molar-refractivity contribution in [2.75, 3.05) is 16.8 Å². The van der Waals surface area contributed by atoms with Gasteiger partial charge in [0, 0.05) is 24.1 Å². The Morgan fingerprint density at radius 3 is 2.88 bits per heavy atom. The number of halogens is 1. The number of hydrogen-bond donors (Lipinski definition) is 1. The van der Waals surface area contributed by atoms with E-state index in [0.29, 0.717) is 12.2 Å². The van der Waals surface area contributed by atoms with E-state index >= 15 is 0 Å². The van der Waals surface area contributed by atoms with E-state index in [4.69, 9.17) is 0 Å². The number of aryl methyl sites for hydroxylation is 1. The van der Waals surface area contributed by atoms with Gasteiger partial charge in [0.2, 0.25) is 0 Å². The molecule has 1 aliphatic heterocycles. The lowest BCUT2D eigenvalue weighted by Crippen LogP contribution is -2.36. The summed E-state index contributed by atoms with van der Waals surface area (Å²) in [5.74, 6) is -0.739. The van der Waals surface area contributed by atoms with E-state index in [1.807, 2.05) is 30.3 Å². The fourth-order valence-corrected chi connectivity index (χ4v) is 2.77. The molecule has 1 N–H and O–H groups in total. The molecular formula is C19H16FN3O. The molecule has 0 aliphatic carbocycles. The van der Waals surface area contributed by atoms with Crippen molar-refractivity contribution >= 4 is 17.3 Å². The Labute approximate surface area is 139 Å². The van der Waals surface area contributed by atoms with Crippen LogP contribution in [-0.4, -0.2) is 12.5 Å². The maximum absolute atomic E-state index is 13.2. The van der Waals surface area contributed by atoms with Crippen molar-refractivity contribution in [2.45, 2.75) is 12.8 Å². The minimum Gasteiger partial charge on any atom is -0.360 e. The highest BCUT2D eigenvalue weighted by atomic mass is 19.1. The quantitative estimate of drug-likeness (QED) is 0.694. The van der Waals surface area contributed by atoms with E-state index in [2.05, 4.69) is 5.32 Å². The van der Waals surface area contributed by atoms with Gasteiger partial charge in [0.25, 0.3) is 5.91 Å². The summed E-state index contributed by atoms with van der Waals surface area (Å²) in [6.07, 6.45) is 3.11. The Balaban J connectivity index is 1.83. The van der Waals surface area contributed by atoms with Crippen molar-refractivity contribution in [3.63, 3.8) is 0 Å². The van der Waals surface area contributed by atoms with Gasteiger partial charge >= 0.3 is 0 Å². The predicted octanol–water partition coefficient (Wildman–Crippen LogP) is 3.62. The van der Waals surface area contributed by atoms with E-state index in [9.17, 15) is 14.4 Å². The molecule has 120 valence electrons. The Hall–Kier alpha value is -3.13. The van der Waals surface area contributed by atoms with Crippen molar-refractivity contribution < 1.29 is 9.18 Å². The maximum Gasteiger partial charge on any atom is 0.270 e. The molecule has 0 aromatic heterocycles. The van der Waals surface area contributed by atoms with Crippen molar-refractivity contribution in [2.24, 2.45) is 0 Å². The first-order valence-electron chi connectivity index (χ1n) is 7.71. The SMILES string of the molecule is N#C/C(=C/Nc1cccc(F)c1)C(=O)N1CCCc2ccccc21. The van der Waals surface area contributed by atoms with Crippen molar-refractivity contribution in [1.82, 2.24) is 0 Å². The van der Waals surface area contributed by atoms with Crippen LogP contribution in [0.3, 0.4) is 0 Å². The van der Waals surface area contributed by atoms with Gasteiger partial charge in [-0.3, -0.25) is 4.79 Å². The molecule has 2 aromatic carbocycles. The van der Waals surface area contributed by atoms with Crippen molar-refractivity contribution in [1.29, 1.82) is 5.26 Å². The van der Waals surface area contributed by atoms with Crippen LogP contribution in [0.4, 0.5) is 15.8 Å². The average molecular weight is 321 g/mol. The second-order valence-corrected chi connectivity index (χ2v) is 5.51. The van der Waals surface area contributed by atoms with Gasteiger partial charge in [-0.2, -0.15) is 5.26 Å². The lowest BCUT2D eigenvalue weighted by Gasteiger charge is -2.29. The molecule has 0 atom stereocenters. The number of nitrogens with one attached hydrogen (secondary N) is 1. The third-order valence-corrected chi connectivity index (χ3v) is 3.91. The van der Waals surface area contributed by atoms with Gasteiger partial charge in [0.15, 0.2) is 0 Å². The highest BCUT2D eigenvalue weighted by Crippen LogP contribution is 2.27. The fourth-order valence-electron chi connectivity index (χ4n) is 2.77. The van der Waals surface area contributed by atoms with Gasteiger partial charge in [-0.25, -0.2) is 4.39 Å². The molecule has 24 heavy (non-hydrogen) atoms. The maximum atomic E-state index is 13.2. The molecule has 1 heterocycles. The number of nitriles is 1. The Morgan fingerprint density at radius 1 is 1.25 bits per heavy atom. The number of hydrogen-bond acceptors (Lipinski definition) is 3. The summed E-state index contributed by atoms with van der Waals surface area (Å²) in [7, 11) is 0. The normalized spacial score (nSPS) is 13.8. The molecule has 0 bridgehead atoms. The van der Waals surface area contributed by atoms with Gasteiger partial charge < -0.3 is 10.2 Å². The van der Waals surface area contributed by atoms with Crippen LogP contribution in [0.25, 0.3) is 0 Å². The molecule has 0 spiro atoms. The van der Waals surface area contributed by atoms with Gasteiger partial charge in [-0.05, 0) is 42.7 Å². The molecule has 5 heteroatoms. The minimum absolute atomic E-state index is 0.0176. The Bertz CT molecular complexity index is 839. The molecule has 1 aliphatic rings. The minimum atomic E-state index is -0.386. The number of para-hydroxylation sites is 1. The number of nitrogens with zero attached hydrogens (tertiary/aromatic N) is 2. The molecule has 0 saturated carbocycles. The molecule has 2 aromatic rings. The van der Waals surface area contributed by atoms with E-state index in [1.165, 1.54) is 18.3 Å². The molecule has 0 unspecified atom stereocenters. The van der Waals surface area contributed by atoms with Crippen LogP contribution < -0.4 is 10.2 Å². The summed E-state index contributed by atoms with van der Waals surface area (Å²) in [5.41, 5.74) is 2.42. The van der Waals surface area contributed by atoms with Crippen LogP contribution in [-0.2, 0) is 11.2 Å². The monoisotopic (exact) mass is 321 g/mol. The smallest absolute Gasteiger partial charge is 0.270 e. The van der Waals surface area contributed by atoms with Crippen LogP contribution in [0.1, 0.15) is 12.0 Å². The first-order chi connectivity index (χ1) is 11.7. The largest absolute Gasteiger partial charge is 0.360 e. The zero-order chi connectivity index (χ0) is 16.9. The highest BCUT2D eigenvalue weighted by molar-refractivity contribution is 6.09. The van der Waals surface area contributed by atoms with Crippen molar-refractivity contribution in [3.8, 4) is 6.07 Å². The van der Waals surface area contributed by atoms with E-state index < -0.39 is 0 Å². The second-order valence-electron chi connectivity index (χ2n) is 5.51. The topological polar surface area (TPSA) is 56.1 Å². The van der Waals surface area contributed by atoms with Gasteiger partial charge in [-0.15, -0.1) is 0 Å². The summed E-state index contributed by atoms with van der Waals surface area (Å²) >= 11 is 0. The van der Waals surface area contributed by atoms with E-state index in [-0.39, 0.29) is 17.3 Å². The first kappa shape index (κ1) is 15.8. The number of fused-ring (bicyclic) bond motifs is 1. The van der Waals surface area contributed by atoms with E-state index in [1.54, 1.807) is 17.0 Å². The van der Waals surface area contributed by atoms with Gasteiger partial charge in [0.1, 0.15) is 17.5 Å². The van der Waals surface area contributed by atoms with Crippen molar-refractivity contribution in [3.05, 3.63) is 71.7 Å². The third kappa shape index (κ3) is 3.28. The molecular weight excluding hydrogens is 305 g/mol. The molecule has 4 nitrogen and oxygen atoms in total. The van der Waals surface area contributed by atoms with Crippen LogP contribution >= 0.6 is 0 Å². The zero-order valence-electron chi connectivity index (χ0n) is 13.0. The Morgan fingerprint density at radius 2 is 2.08 bits per heavy atom. The first-order valence-corrected chi connectivity index (χ1v) is 7.71. The average Bonchev–Trinajstić information content (AvgIpc) is 2.61. The second kappa shape index (κ2) is 6.97. The lowest BCUT2D eigenvalue weighted by molar-refractivity contribution is -0.114. The van der Waals surface area contributed by atoms with Gasteiger partial charge in [0.05, 0.1) is 0 Å². The summed E-state index contributed by atoms with van der Waals surface area (Å²) < 4.78 is 13.2. The number of amides is 1. The number of benzene rings is 2. The molecule has 1 amide bonds. The van der Waals surface area contributed by atoms with Gasteiger partial charge in [-0.1, -0.05) is 24.3 Å². The summed E-state index contributed by atoms with van der Waals surface area (Å²) in [6, 6.07) is 15.5. The molecule has 0 radical (unpaired) electrons. The molecule has 0 fully saturated rings. The van der Waals surface area contributed by atoms with Crippen LogP contribution in [0.5, 0.6) is 0 Å². The summed E-state index contributed by atoms with van der Waals surface area (Å²) in [4.78, 5) is 14.3. The summed E-state index contributed by atoms with van der Waals surface area (Å²) in [6.45, 7) is 0.578. The predicted molar refractivity (Wildman–Crippen MR) is 90.8 cm³/mol. The molecule has 3 rings (SSSR count). The standard InChI is InChI=1S/C19H16FN3O/c20-16-7-3-8-17(11-16)22-13-15(12-21)19(24)23-10-4-6-14-5-1-2-9-18(14)23/h1-3,5,7-9,11,13,22H,4,6,10H2/b15-13-. The Kier molecular flexibility index (Phi) is 4.57. The van der Waals surface area contributed by atoms with Crippen LogP contribution in [0.2, 0.25) is 0 Å². The number of carbonyl (C=O) groups excluding carboxylic acids is 1. The van der Waals surface area contributed by atoms with E-state index in [0.717, 1.165) is 24.1 Å². The number of anilines is 2. The number of carbonyl (C=O) groups is 1. The highest BCUT2D eigenvalue weighted by Gasteiger charge is 2.24. The third-order valence-electron chi connectivity index (χ3n) is 3.91. The number of rotatable bonds is 3. The zero-order valence-corrected chi connectivity index (χ0v) is 13.0. The molecule has 0 saturated heterocycles. The lowest BCUT2D eigenvalue weighted by atomic mass is 10.0.